The van der Waals surface area contributed by atoms with Gasteiger partial charge in [-0.25, -0.2) is 0 Å². The van der Waals surface area contributed by atoms with Gasteiger partial charge in [-0.3, -0.25) is 9.59 Å². The highest BCUT2D eigenvalue weighted by Crippen LogP contribution is 2.25. The number of amides is 2. The minimum Gasteiger partial charge on any atom is -0.372 e. The van der Waals surface area contributed by atoms with Crippen LogP contribution in [0.5, 0.6) is 0 Å². The van der Waals surface area contributed by atoms with E-state index < -0.39 is 5.41 Å². The van der Waals surface area contributed by atoms with E-state index in [1.165, 1.54) is 0 Å². The normalized spacial score (nSPS) is 11.4. The zero-order valence-electron chi connectivity index (χ0n) is 18.0. The molecule has 0 saturated heterocycles. The second kappa shape index (κ2) is 10.3. The molecule has 27 heavy (non-hydrogen) atoms. The fourth-order valence-electron chi connectivity index (χ4n) is 2.77. The van der Waals surface area contributed by atoms with E-state index in [-0.39, 0.29) is 11.8 Å². The molecular formula is C21H36N4O2. The summed E-state index contributed by atoms with van der Waals surface area (Å²) >= 11 is 0. The van der Waals surface area contributed by atoms with Crippen LogP contribution in [0.4, 0.5) is 11.4 Å². The molecule has 0 radical (unpaired) electrons. The number of benzene rings is 1. The van der Waals surface area contributed by atoms with Crippen molar-refractivity contribution in [1.82, 2.24) is 10.2 Å². The van der Waals surface area contributed by atoms with Gasteiger partial charge in [0.15, 0.2) is 0 Å². The number of nitrogens with zero attached hydrogens (tertiary/aromatic N) is 2. The molecule has 1 aromatic rings. The second-order valence-electron chi connectivity index (χ2n) is 7.66. The van der Waals surface area contributed by atoms with Crippen LogP contribution >= 0.6 is 0 Å². The maximum atomic E-state index is 12.7. The highest BCUT2D eigenvalue weighted by molar-refractivity contribution is 6.10. The van der Waals surface area contributed by atoms with Gasteiger partial charge in [0.2, 0.25) is 11.8 Å². The van der Waals surface area contributed by atoms with Crippen LogP contribution in [-0.4, -0.2) is 57.0 Å². The first-order valence-electron chi connectivity index (χ1n) is 9.73. The summed E-state index contributed by atoms with van der Waals surface area (Å²) in [5, 5.41) is 5.78. The third-order valence-electron chi connectivity index (χ3n) is 4.79. The van der Waals surface area contributed by atoms with E-state index in [1.807, 2.05) is 33.2 Å². The zero-order chi connectivity index (χ0) is 20.6. The van der Waals surface area contributed by atoms with Crippen LogP contribution in [0.1, 0.15) is 39.7 Å². The number of hydrogen-bond donors (Lipinski definition) is 2. The second-order valence-corrected chi connectivity index (χ2v) is 7.66. The SMILES string of the molecule is CCN(CC)c1ccc(NC(=O)C(C)(C)C(=O)NCCCN(C)C)c(C)c1. The summed E-state index contributed by atoms with van der Waals surface area (Å²) in [6, 6.07) is 5.98. The summed E-state index contributed by atoms with van der Waals surface area (Å²) in [6.07, 6.45) is 0.850. The average molecular weight is 377 g/mol. The monoisotopic (exact) mass is 376 g/mol. The molecule has 0 aliphatic carbocycles. The number of nitrogens with one attached hydrogen (secondary N) is 2. The topological polar surface area (TPSA) is 64.7 Å². The van der Waals surface area contributed by atoms with E-state index in [9.17, 15) is 9.59 Å². The standard InChI is InChI=1S/C21H36N4O2/c1-8-25(9-2)17-11-12-18(16(3)15-17)23-20(27)21(4,5)19(26)22-13-10-14-24(6)7/h11-12,15H,8-10,13-14H2,1-7H3,(H,22,26)(H,23,27). The molecule has 1 aromatic carbocycles. The number of carbonyl (C=O) groups is 2. The quantitative estimate of drug-likeness (QED) is 0.487. The molecule has 1 rings (SSSR count). The van der Waals surface area contributed by atoms with E-state index in [4.69, 9.17) is 0 Å². The van der Waals surface area contributed by atoms with Crippen molar-refractivity contribution < 1.29 is 9.59 Å². The van der Waals surface area contributed by atoms with Crippen molar-refractivity contribution in [2.45, 2.75) is 41.0 Å². The predicted octanol–water partition coefficient (Wildman–Crippen LogP) is 2.87. The maximum absolute atomic E-state index is 12.7. The largest absolute Gasteiger partial charge is 0.372 e. The Hall–Kier alpha value is -2.08. The van der Waals surface area contributed by atoms with E-state index in [0.29, 0.717) is 6.54 Å². The minimum absolute atomic E-state index is 0.254. The van der Waals surface area contributed by atoms with Gasteiger partial charge in [-0.2, -0.15) is 0 Å². The van der Waals surface area contributed by atoms with E-state index in [0.717, 1.165) is 43.0 Å². The summed E-state index contributed by atoms with van der Waals surface area (Å²) in [6.45, 7) is 12.8. The Morgan fingerprint density at radius 3 is 2.22 bits per heavy atom. The minimum atomic E-state index is -1.14. The molecule has 0 spiro atoms. The summed E-state index contributed by atoms with van der Waals surface area (Å²) in [5.41, 5.74) is 1.72. The van der Waals surface area contributed by atoms with E-state index in [2.05, 4.69) is 40.3 Å². The van der Waals surface area contributed by atoms with Gasteiger partial charge in [0.25, 0.3) is 0 Å². The molecular weight excluding hydrogens is 340 g/mol. The van der Waals surface area contributed by atoms with Crippen molar-refractivity contribution >= 4 is 23.2 Å². The van der Waals surface area contributed by atoms with Crippen molar-refractivity contribution in [1.29, 1.82) is 0 Å². The molecule has 0 aliphatic rings. The Kier molecular flexibility index (Phi) is 8.76. The smallest absolute Gasteiger partial charge is 0.239 e. The van der Waals surface area contributed by atoms with Crippen LogP contribution in [0.25, 0.3) is 0 Å². The van der Waals surface area contributed by atoms with Crippen LogP contribution in [0, 0.1) is 12.3 Å². The summed E-state index contributed by atoms with van der Waals surface area (Å²) < 4.78 is 0. The Morgan fingerprint density at radius 1 is 1.07 bits per heavy atom. The van der Waals surface area contributed by atoms with Gasteiger partial charge < -0.3 is 20.4 Å². The highest BCUT2D eigenvalue weighted by Gasteiger charge is 2.36. The van der Waals surface area contributed by atoms with Crippen molar-refractivity contribution in [3.63, 3.8) is 0 Å². The fourth-order valence-corrected chi connectivity index (χ4v) is 2.77. The summed E-state index contributed by atoms with van der Waals surface area (Å²) in [7, 11) is 3.99. The highest BCUT2D eigenvalue weighted by atomic mass is 16.2. The maximum Gasteiger partial charge on any atom is 0.239 e. The van der Waals surface area contributed by atoms with Crippen LogP contribution in [0.2, 0.25) is 0 Å². The number of aryl methyl sites for hydroxylation is 1. The van der Waals surface area contributed by atoms with Crippen LogP contribution in [-0.2, 0) is 9.59 Å². The Bertz CT molecular complexity index is 637. The molecule has 0 saturated carbocycles. The zero-order valence-corrected chi connectivity index (χ0v) is 18.0. The lowest BCUT2D eigenvalue weighted by Gasteiger charge is -2.25. The molecule has 0 fully saturated rings. The number of hydrogen-bond acceptors (Lipinski definition) is 4. The van der Waals surface area contributed by atoms with Crippen molar-refractivity contribution in [3.8, 4) is 0 Å². The lowest BCUT2D eigenvalue weighted by Crippen LogP contribution is -2.45. The molecule has 0 aliphatic heterocycles. The van der Waals surface area contributed by atoms with Gasteiger partial charge >= 0.3 is 0 Å². The average Bonchev–Trinajstić information content (AvgIpc) is 2.61. The molecule has 0 unspecified atom stereocenters. The van der Waals surface area contributed by atoms with Crippen molar-refractivity contribution in [3.05, 3.63) is 23.8 Å². The number of rotatable bonds is 10. The van der Waals surface area contributed by atoms with Gasteiger partial charge in [0.05, 0.1) is 0 Å². The van der Waals surface area contributed by atoms with Gasteiger partial charge in [0, 0.05) is 31.0 Å². The molecule has 2 amide bonds. The lowest BCUT2D eigenvalue weighted by molar-refractivity contribution is -0.138. The van der Waals surface area contributed by atoms with Crippen molar-refractivity contribution in [2.75, 3.05) is 50.5 Å². The third-order valence-corrected chi connectivity index (χ3v) is 4.79. The van der Waals surface area contributed by atoms with Crippen LogP contribution in [0.15, 0.2) is 18.2 Å². The third kappa shape index (κ3) is 6.54. The predicted molar refractivity (Wildman–Crippen MR) is 113 cm³/mol. The number of anilines is 2. The van der Waals surface area contributed by atoms with E-state index in [1.54, 1.807) is 13.8 Å². The van der Waals surface area contributed by atoms with Gasteiger partial charge in [-0.1, -0.05) is 0 Å². The molecule has 0 aromatic heterocycles. The lowest BCUT2D eigenvalue weighted by atomic mass is 9.90. The Morgan fingerprint density at radius 2 is 1.70 bits per heavy atom. The molecule has 0 heterocycles. The number of carbonyl (C=O) groups excluding carboxylic acids is 2. The first kappa shape index (κ1) is 23.0. The first-order valence-corrected chi connectivity index (χ1v) is 9.73. The van der Waals surface area contributed by atoms with Gasteiger partial charge in [-0.05, 0) is 85.4 Å². The van der Waals surface area contributed by atoms with Crippen molar-refractivity contribution in [2.24, 2.45) is 5.41 Å². The van der Waals surface area contributed by atoms with Gasteiger partial charge in [0.1, 0.15) is 5.41 Å². The molecule has 6 heteroatoms. The molecule has 6 nitrogen and oxygen atoms in total. The first-order chi connectivity index (χ1) is 12.6. The van der Waals surface area contributed by atoms with Gasteiger partial charge in [-0.15, -0.1) is 0 Å². The van der Waals surface area contributed by atoms with Crippen LogP contribution < -0.4 is 15.5 Å². The Balaban J connectivity index is 2.74. The molecule has 0 atom stereocenters. The fraction of sp³-hybridized carbons (Fsp3) is 0.619. The summed E-state index contributed by atoms with van der Waals surface area (Å²) in [5.74, 6) is -0.553. The molecule has 2 N–H and O–H groups in total. The van der Waals surface area contributed by atoms with Crippen LogP contribution in [0.3, 0.4) is 0 Å². The van der Waals surface area contributed by atoms with E-state index >= 15 is 0 Å². The summed E-state index contributed by atoms with van der Waals surface area (Å²) in [4.78, 5) is 29.5. The Labute approximate surface area is 164 Å². The molecule has 152 valence electrons. The molecule has 0 bridgehead atoms.